The van der Waals surface area contributed by atoms with Gasteiger partial charge in [0.05, 0.1) is 0 Å². The molecule has 0 aromatic rings. The zero-order chi connectivity index (χ0) is 7.40. The molecule has 0 aromatic carbocycles. The fourth-order valence-corrected chi connectivity index (χ4v) is 0.913. The monoisotopic (exact) mass is 130 g/mol. The minimum absolute atomic E-state index is 1.17. The molecule has 0 aliphatic heterocycles. The molecular formula is C10H10. The molecule has 0 fully saturated rings. The van der Waals surface area contributed by atoms with E-state index in [1.807, 2.05) is 30.4 Å². The summed E-state index contributed by atoms with van der Waals surface area (Å²) in [4.78, 5) is 0. The van der Waals surface area contributed by atoms with Gasteiger partial charge in [0.1, 0.15) is 0 Å². The maximum atomic E-state index is 3.69. The van der Waals surface area contributed by atoms with Crippen LogP contribution in [-0.2, 0) is 0 Å². The molecule has 0 amide bonds. The molecule has 0 N–H and O–H groups in total. The van der Waals surface area contributed by atoms with Crippen molar-refractivity contribution < 1.29 is 0 Å². The summed E-state index contributed by atoms with van der Waals surface area (Å²) in [5, 5.41) is 0. The van der Waals surface area contributed by atoms with Crippen molar-refractivity contribution in [3.05, 3.63) is 60.8 Å². The van der Waals surface area contributed by atoms with Crippen molar-refractivity contribution in [3.8, 4) is 0 Å². The largest absolute Gasteiger partial charge is 0.0990 e. The summed E-state index contributed by atoms with van der Waals surface area (Å²) in [6.07, 6.45) is 11.7. The quantitative estimate of drug-likeness (QED) is 0.539. The maximum absolute atomic E-state index is 3.69. The molecule has 0 heterocycles. The summed E-state index contributed by atoms with van der Waals surface area (Å²) in [5.41, 5.74) is 2.35. The Morgan fingerprint density at radius 1 is 1.30 bits per heavy atom. The van der Waals surface area contributed by atoms with Crippen molar-refractivity contribution in [3.63, 3.8) is 0 Å². The normalized spacial score (nSPS) is 19.2. The summed E-state index contributed by atoms with van der Waals surface area (Å²) >= 11 is 0. The topological polar surface area (TPSA) is 0 Å². The number of allylic oxidation sites excluding steroid dienone is 8. The van der Waals surface area contributed by atoms with E-state index in [0.29, 0.717) is 0 Å². The molecule has 1 rings (SSSR count). The molecule has 0 bridgehead atoms. The Labute approximate surface area is 61.6 Å². The van der Waals surface area contributed by atoms with Gasteiger partial charge >= 0.3 is 0 Å². The standard InChI is InChI=1S/C10H10/c1-3-6-10-8-5-7-9(10)4-2/h3-8H,1-2H2/b10-6-. The second-order valence-corrected chi connectivity index (χ2v) is 2.04. The molecule has 0 heteroatoms. The number of hydrogen-bond donors (Lipinski definition) is 0. The van der Waals surface area contributed by atoms with Gasteiger partial charge in [0.2, 0.25) is 0 Å². The Morgan fingerprint density at radius 3 is 2.70 bits per heavy atom. The molecule has 0 atom stereocenters. The van der Waals surface area contributed by atoms with Crippen LogP contribution in [0.25, 0.3) is 0 Å². The molecule has 0 radical (unpaired) electrons. The van der Waals surface area contributed by atoms with Gasteiger partial charge in [0.15, 0.2) is 0 Å². The highest BCUT2D eigenvalue weighted by molar-refractivity contribution is 5.54. The van der Waals surface area contributed by atoms with Gasteiger partial charge in [-0.3, -0.25) is 0 Å². The van der Waals surface area contributed by atoms with Crippen molar-refractivity contribution in [2.45, 2.75) is 0 Å². The summed E-state index contributed by atoms with van der Waals surface area (Å²) in [5.74, 6) is 0. The van der Waals surface area contributed by atoms with Gasteiger partial charge in [-0.05, 0) is 11.1 Å². The Hall–Kier alpha value is -1.30. The van der Waals surface area contributed by atoms with Crippen LogP contribution in [0.5, 0.6) is 0 Å². The molecule has 0 saturated carbocycles. The van der Waals surface area contributed by atoms with Gasteiger partial charge in [-0.2, -0.15) is 0 Å². The Balaban J connectivity index is 2.90. The third-order valence-electron chi connectivity index (χ3n) is 1.40. The fourth-order valence-electron chi connectivity index (χ4n) is 0.913. The van der Waals surface area contributed by atoms with E-state index in [1.165, 1.54) is 11.1 Å². The van der Waals surface area contributed by atoms with E-state index < -0.39 is 0 Å². The van der Waals surface area contributed by atoms with Crippen molar-refractivity contribution in [1.29, 1.82) is 0 Å². The van der Waals surface area contributed by atoms with E-state index in [4.69, 9.17) is 0 Å². The van der Waals surface area contributed by atoms with Crippen LogP contribution in [0.15, 0.2) is 60.8 Å². The molecule has 0 unspecified atom stereocenters. The highest BCUT2D eigenvalue weighted by Gasteiger charge is 1.99. The average molecular weight is 130 g/mol. The lowest BCUT2D eigenvalue weighted by atomic mass is 10.1. The van der Waals surface area contributed by atoms with Crippen LogP contribution in [0.2, 0.25) is 0 Å². The van der Waals surface area contributed by atoms with Gasteiger partial charge < -0.3 is 0 Å². The van der Waals surface area contributed by atoms with Crippen LogP contribution in [0, 0.1) is 0 Å². The van der Waals surface area contributed by atoms with Crippen LogP contribution < -0.4 is 0 Å². The van der Waals surface area contributed by atoms with Gasteiger partial charge in [0.25, 0.3) is 0 Å². The molecular weight excluding hydrogens is 120 g/mol. The van der Waals surface area contributed by atoms with E-state index in [0.717, 1.165) is 0 Å². The highest BCUT2D eigenvalue weighted by Crippen LogP contribution is 2.18. The second kappa shape index (κ2) is 3.02. The molecule has 0 spiro atoms. The molecule has 0 aromatic heterocycles. The van der Waals surface area contributed by atoms with E-state index >= 15 is 0 Å². The van der Waals surface area contributed by atoms with Crippen LogP contribution in [0.3, 0.4) is 0 Å². The van der Waals surface area contributed by atoms with E-state index in [-0.39, 0.29) is 0 Å². The predicted molar refractivity (Wildman–Crippen MR) is 45.7 cm³/mol. The average Bonchev–Trinajstić information content (AvgIpc) is 2.36. The SMILES string of the molecule is C=C/C=C1/C=CC=C1C=C. The lowest BCUT2D eigenvalue weighted by Gasteiger charge is -1.93. The summed E-state index contributed by atoms with van der Waals surface area (Å²) in [6.45, 7) is 7.31. The third-order valence-corrected chi connectivity index (χ3v) is 1.40. The predicted octanol–water partition coefficient (Wildman–Crippen LogP) is 2.78. The molecule has 10 heavy (non-hydrogen) atoms. The van der Waals surface area contributed by atoms with Gasteiger partial charge in [-0.25, -0.2) is 0 Å². The first-order valence-electron chi connectivity index (χ1n) is 3.22. The van der Waals surface area contributed by atoms with Crippen LogP contribution in [0.4, 0.5) is 0 Å². The summed E-state index contributed by atoms with van der Waals surface area (Å²) in [7, 11) is 0. The smallest absolute Gasteiger partial charge is 0.0184 e. The highest BCUT2D eigenvalue weighted by atomic mass is 14.0. The zero-order valence-electron chi connectivity index (χ0n) is 5.88. The fraction of sp³-hybridized carbons (Fsp3) is 0. The van der Waals surface area contributed by atoms with Gasteiger partial charge in [0, 0.05) is 0 Å². The lowest BCUT2D eigenvalue weighted by molar-refractivity contribution is 1.62. The van der Waals surface area contributed by atoms with Crippen LogP contribution in [0.1, 0.15) is 0 Å². The Morgan fingerprint density at radius 2 is 2.10 bits per heavy atom. The van der Waals surface area contributed by atoms with Crippen molar-refractivity contribution in [2.24, 2.45) is 0 Å². The number of rotatable bonds is 2. The molecule has 1 aliphatic carbocycles. The van der Waals surface area contributed by atoms with Crippen LogP contribution >= 0.6 is 0 Å². The lowest BCUT2D eigenvalue weighted by Crippen LogP contribution is -1.74. The molecule has 50 valence electrons. The first kappa shape index (κ1) is 6.81. The van der Waals surface area contributed by atoms with Gasteiger partial charge in [-0.1, -0.05) is 49.6 Å². The maximum Gasteiger partial charge on any atom is -0.0184 e. The molecule has 0 nitrogen and oxygen atoms in total. The first-order chi connectivity index (χ1) is 4.88. The third kappa shape index (κ3) is 1.16. The van der Waals surface area contributed by atoms with E-state index in [9.17, 15) is 0 Å². The second-order valence-electron chi connectivity index (χ2n) is 2.04. The zero-order valence-corrected chi connectivity index (χ0v) is 5.88. The van der Waals surface area contributed by atoms with E-state index in [2.05, 4.69) is 13.2 Å². The van der Waals surface area contributed by atoms with Crippen LogP contribution in [-0.4, -0.2) is 0 Å². The Kier molecular flexibility index (Phi) is 2.06. The summed E-state index contributed by atoms with van der Waals surface area (Å²) in [6, 6.07) is 0. The molecule has 1 aliphatic rings. The van der Waals surface area contributed by atoms with Crippen molar-refractivity contribution >= 4 is 0 Å². The van der Waals surface area contributed by atoms with Gasteiger partial charge in [-0.15, -0.1) is 0 Å². The number of hydrogen-bond acceptors (Lipinski definition) is 0. The first-order valence-corrected chi connectivity index (χ1v) is 3.22. The minimum Gasteiger partial charge on any atom is -0.0990 e. The van der Waals surface area contributed by atoms with Crippen molar-refractivity contribution in [2.75, 3.05) is 0 Å². The Bertz CT molecular complexity index is 237. The minimum atomic E-state index is 1.17. The van der Waals surface area contributed by atoms with E-state index in [1.54, 1.807) is 6.08 Å². The molecule has 0 saturated heterocycles. The summed E-state index contributed by atoms with van der Waals surface area (Å²) < 4.78 is 0. The van der Waals surface area contributed by atoms with Crippen molar-refractivity contribution in [1.82, 2.24) is 0 Å².